The zero-order valence-corrected chi connectivity index (χ0v) is 14.2. The molecule has 0 radical (unpaired) electrons. The normalized spacial score (nSPS) is 10.7. The number of anilines is 1. The Hall–Kier alpha value is -1.89. The average molecular weight is 367 g/mol. The number of amides is 1. The topological polar surface area (TPSA) is 59.8 Å². The molecule has 0 bridgehead atoms. The molecule has 1 amide bonds. The predicted molar refractivity (Wildman–Crippen MR) is 92.5 cm³/mol. The molecule has 0 fully saturated rings. The van der Waals surface area contributed by atoms with Crippen molar-refractivity contribution in [3.63, 3.8) is 0 Å². The summed E-state index contributed by atoms with van der Waals surface area (Å²) >= 11 is 13.0. The minimum absolute atomic E-state index is 0.322. The zero-order valence-electron chi connectivity index (χ0n) is 11.9. The number of hydrogen-bond acceptors (Lipinski definition) is 4. The first-order valence-electron chi connectivity index (χ1n) is 6.80. The second kappa shape index (κ2) is 7.12. The monoisotopic (exact) mass is 366 g/mol. The summed E-state index contributed by atoms with van der Waals surface area (Å²) in [5.74, 6) is 0.153. The molecule has 3 heterocycles. The molecule has 23 heavy (non-hydrogen) atoms. The van der Waals surface area contributed by atoms with E-state index in [0.29, 0.717) is 26.6 Å². The third kappa shape index (κ3) is 4.10. The molecule has 0 saturated carbocycles. The lowest BCUT2D eigenvalue weighted by Crippen LogP contribution is -2.12. The van der Waals surface area contributed by atoms with E-state index in [1.165, 1.54) is 5.56 Å². The summed E-state index contributed by atoms with van der Waals surface area (Å²) in [6.07, 6.45) is 6.18. The highest BCUT2D eigenvalue weighted by Crippen LogP contribution is 2.31. The Morgan fingerprint density at radius 2 is 2.04 bits per heavy atom. The average Bonchev–Trinajstić information content (AvgIpc) is 3.12. The lowest BCUT2D eigenvalue weighted by molar-refractivity contribution is 0.102. The van der Waals surface area contributed by atoms with Gasteiger partial charge in [0.1, 0.15) is 4.34 Å². The molecule has 0 aliphatic carbocycles. The summed E-state index contributed by atoms with van der Waals surface area (Å²) in [5.41, 5.74) is 1.54. The maximum Gasteiger partial charge on any atom is 0.259 e. The Balaban J connectivity index is 1.61. The molecule has 0 aliphatic heterocycles. The molecule has 3 aromatic heterocycles. The molecule has 0 unspecified atom stereocenters. The number of rotatable bonds is 5. The molecule has 1 N–H and O–H groups in total. The Kier molecular flexibility index (Phi) is 4.95. The van der Waals surface area contributed by atoms with Crippen molar-refractivity contribution in [1.82, 2.24) is 14.8 Å². The van der Waals surface area contributed by atoms with Gasteiger partial charge in [-0.2, -0.15) is 5.10 Å². The van der Waals surface area contributed by atoms with Gasteiger partial charge in [0.05, 0.1) is 9.90 Å². The quantitative estimate of drug-likeness (QED) is 0.737. The zero-order chi connectivity index (χ0) is 16.2. The lowest BCUT2D eigenvalue weighted by atomic mass is 10.2. The molecular formula is C15H12Cl2N4OS. The second-order valence-electron chi connectivity index (χ2n) is 4.76. The number of carbonyl (C=O) groups is 1. The highest BCUT2D eigenvalue weighted by atomic mass is 35.5. The largest absolute Gasteiger partial charge is 0.305 e. The molecular weight excluding hydrogens is 355 g/mol. The van der Waals surface area contributed by atoms with Crippen LogP contribution in [0.15, 0.2) is 42.9 Å². The first-order chi connectivity index (χ1) is 11.1. The predicted octanol–water partition coefficient (Wildman–Crippen LogP) is 4.14. The Bertz CT molecular complexity index is 816. The maximum atomic E-state index is 12.1. The van der Waals surface area contributed by atoms with E-state index < -0.39 is 0 Å². The van der Waals surface area contributed by atoms with Crippen molar-refractivity contribution >= 4 is 46.3 Å². The van der Waals surface area contributed by atoms with Crippen LogP contribution in [0.25, 0.3) is 0 Å². The van der Waals surface area contributed by atoms with Gasteiger partial charge in [-0.05, 0) is 30.2 Å². The van der Waals surface area contributed by atoms with Gasteiger partial charge in [-0.1, -0.05) is 23.2 Å². The molecule has 5 nitrogen and oxygen atoms in total. The van der Waals surface area contributed by atoms with Gasteiger partial charge in [0.15, 0.2) is 5.82 Å². The standard InChI is InChI=1S/C15H12Cl2N4OS/c16-12-9-11(14(17)23-12)15(22)19-13-4-8-21(20-13)7-3-10-1-5-18-6-2-10/h1-2,4-6,8-9H,3,7H2,(H,19,20,22). The number of thiophene rings is 1. The van der Waals surface area contributed by atoms with Gasteiger partial charge in [-0.25, -0.2) is 0 Å². The van der Waals surface area contributed by atoms with E-state index in [-0.39, 0.29) is 5.91 Å². The van der Waals surface area contributed by atoms with Crippen LogP contribution in [0.2, 0.25) is 8.67 Å². The van der Waals surface area contributed by atoms with Gasteiger partial charge in [0.2, 0.25) is 0 Å². The fraction of sp³-hybridized carbons (Fsp3) is 0.133. The SMILES string of the molecule is O=C(Nc1ccn(CCc2ccncc2)n1)c1cc(Cl)sc1Cl. The summed E-state index contributed by atoms with van der Waals surface area (Å²) in [4.78, 5) is 16.1. The number of pyridine rings is 1. The summed E-state index contributed by atoms with van der Waals surface area (Å²) in [6, 6.07) is 7.22. The van der Waals surface area contributed by atoms with Crippen molar-refractivity contribution in [2.75, 3.05) is 5.32 Å². The molecule has 0 aliphatic rings. The van der Waals surface area contributed by atoms with Gasteiger partial charge in [-0.15, -0.1) is 11.3 Å². The van der Waals surface area contributed by atoms with E-state index in [2.05, 4.69) is 15.4 Å². The van der Waals surface area contributed by atoms with Crippen LogP contribution in [0.1, 0.15) is 15.9 Å². The summed E-state index contributed by atoms with van der Waals surface area (Å²) in [6.45, 7) is 0.713. The number of halogens is 2. The van der Waals surface area contributed by atoms with Crippen LogP contribution in [0.5, 0.6) is 0 Å². The molecule has 0 aromatic carbocycles. The van der Waals surface area contributed by atoms with Crippen LogP contribution < -0.4 is 5.32 Å². The fourth-order valence-corrected chi connectivity index (χ4v) is 3.48. The van der Waals surface area contributed by atoms with Crippen LogP contribution in [-0.4, -0.2) is 20.7 Å². The smallest absolute Gasteiger partial charge is 0.259 e. The van der Waals surface area contributed by atoms with Gasteiger partial charge in [0.25, 0.3) is 5.91 Å². The molecule has 8 heteroatoms. The van der Waals surface area contributed by atoms with Crippen molar-refractivity contribution in [1.29, 1.82) is 0 Å². The molecule has 0 saturated heterocycles. The minimum Gasteiger partial charge on any atom is -0.305 e. The van der Waals surface area contributed by atoms with Crippen molar-refractivity contribution in [2.24, 2.45) is 0 Å². The molecule has 118 valence electrons. The van der Waals surface area contributed by atoms with Crippen LogP contribution in [0.4, 0.5) is 5.82 Å². The van der Waals surface area contributed by atoms with Crippen molar-refractivity contribution in [2.45, 2.75) is 13.0 Å². The molecule has 3 rings (SSSR count). The minimum atomic E-state index is -0.322. The Morgan fingerprint density at radius 3 is 2.74 bits per heavy atom. The highest BCUT2D eigenvalue weighted by Gasteiger charge is 2.15. The first kappa shape index (κ1) is 16.0. The lowest BCUT2D eigenvalue weighted by Gasteiger charge is -2.02. The Morgan fingerprint density at radius 1 is 1.26 bits per heavy atom. The van der Waals surface area contributed by atoms with Crippen molar-refractivity contribution < 1.29 is 4.79 Å². The number of aromatic nitrogens is 3. The number of nitrogens with zero attached hydrogens (tertiary/aromatic N) is 3. The van der Waals surface area contributed by atoms with Crippen molar-refractivity contribution in [3.05, 3.63) is 62.7 Å². The molecule has 0 spiro atoms. The number of aryl methyl sites for hydroxylation is 2. The maximum absolute atomic E-state index is 12.1. The molecule has 0 atom stereocenters. The number of nitrogens with one attached hydrogen (secondary N) is 1. The number of hydrogen-bond donors (Lipinski definition) is 1. The van der Waals surface area contributed by atoms with E-state index in [9.17, 15) is 4.79 Å². The third-order valence-corrected chi connectivity index (χ3v) is 4.65. The first-order valence-corrected chi connectivity index (χ1v) is 8.37. The van der Waals surface area contributed by atoms with Crippen LogP contribution in [0.3, 0.4) is 0 Å². The van der Waals surface area contributed by atoms with E-state index in [4.69, 9.17) is 23.2 Å². The van der Waals surface area contributed by atoms with Gasteiger partial charge in [0, 0.05) is 31.2 Å². The molecule has 3 aromatic rings. The van der Waals surface area contributed by atoms with E-state index >= 15 is 0 Å². The van der Waals surface area contributed by atoms with E-state index in [0.717, 1.165) is 17.8 Å². The van der Waals surface area contributed by atoms with Gasteiger partial charge >= 0.3 is 0 Å². The third-order valence-electron chi connectivity index (χ3n) is 3.16. The second-order valence-corrected chi connectivity index (χ2v) is 7.05. The highest BCUT2D eigenvalue weighted by molar-refractivity contribution is 7.20. The van der Waals surface area contributed by atoms with Crippen LogP contribution in [-0.2, 0) is 13.0 Å². The van der Waals surface area contributed by atoms with Gasteiger partial charge < -0.3 is 5.32 Å². The Labute approximate surface area is 146 Å². The van der Waals surface area contributed by atoms with Crippen LogP contribution >= 0.6 is 34.5 Å². The number of carbonyl (C=O) groups excluding carboxylic acids is 1. The van der Waals surface area contributed by atoms with E-state index in [1.54, 1.807) is 29.2 Å². The van der Waals surface area contributed by atoms with Crippen molar-refractivity contribution in [3.8, 4) is 0 Å². The fourth-order valence-electron chi connectivity index (χ4n) is 2.02. The van der Waals surface area contributed by atoms with E-state index in [1.807, 2.05) is 18.3 Å². The van der Waals surface area contributed by atoms with Gasteiger partial charge in [-0.3, -0.25) is 14.5 Å². The van der Waals surface area contributed by atoms with Crippen LogP contribution in [0, 0.1) is 0 Å². The summed E-state index contributed by atoms with van der Waals surface area (Å²) < 4.78 is 2.62. The summed E-state index contributed by atoms with van der Waals surface area (Å²) in [5, 5.41) is 7.04. The summed E-state index contributed by atoms with van der Waals surface area (Å²) in [7, 11) is 0.